The van der Waals surface area contributed by atoms with E-state index in [0.29, 0.717) is 36.2 Å². The Morgan fingerprint density at radius 1 is 1.31 bits per heavy atom. The van der Waals surface area contributed by atoms with Gasteiger partial charge in [-0.3, -0.25) is 9.20 Å². The lowest BCUT2D eigenvalue weighted by atomic mass is 10.3. The van der Waals surface area contributed by atoms with Crippen molar-refractivity contribution in [1.29, 1.82) is 0 Å². The number of carbonyl (C=O) groups excluding carboxylic acids is 1. The fourth-order valence-electron chi connectivity index (χ4n) is 2.24. The van der Waals surface area contributed by atoms with Crippen molar-refractivity contribution in [2.45, 2.75) is 5.16 Å². The van der Waals surface area contributed by atoms with Crippen LogP contribution in [0, 0.1) is 5.82 Å². The molecular formula is C15H8Cl2FN5OS2. The van der Waals surface area contributed by atoms with E-state index in [0.717, 1.165) is 0 Å². The Kier molecular flexibility index (Phi) is 4.70. The van der Waals surface area contributed by atoms with E-state index in [1.54, 1.807) is 22.7 Å². The number of halogens is 3. The standard InChI is InChI=1S/C15H8Cl2FN5OS2/c16-7-3-9(17)13-21-22-15(23(13)5-7)25-6-12(24)20-14-19-10-2-1-8(18)4-11(10)26-14/h1-5H,6H2,(H,19,20,24). The van der Waals surface area contributed by atoms with Crippen LogP contribution in [0.4, 0.5) is 9.52 Å². The summed E-state index contributed by atoms with van der Waals surface area (Å²) in [6.45, 7) is 0. The Morgan fingerprint density at radius 2 is 2.15 bits per heavy atom. The quantitative estimate of drug-likeness (QED) is 0.484. The Morgan fingerprint density at radius 3 is 3.00 bits per heavy atom. The van der Waals surface area contributed by atoms with Gasteiger partial charge in [-0.15, -0.1) is 10.2 Å². The number of anilines is 1. The molecule has 3 heterocycles. The van der Waals surface area contributed by atoms with E-state index in [1.807, 2.05) is 0 Å². The molecule has 0 saturated carbocycles. The van der Waals surface area contributed by atoms with Gasteiger partial charge in [-0.25, -0.2) is 9.37 Å². The lowest BCUT2D eigenvalue weighted by molar-refractivity contribution is -0.113. The number of hydrogen-bond donors (Lipinski definition) is 1. The molecule has 0 aliphatic carbocycles. The highest BCUT2D eigenvalue weighted by Gasteiger charge is 2.13. The predicted molar refractivity (Wildman–Crippen MR) is 102 cm³/mol. The highest BCUT2D eigenvalue weighted by Crippen LogP contribution is 2.28. The first-order valence-corrected chi connectivity index (χ1v) is 9.74. The summed E-state index contributed by atoms with van der Waals surface area (Å²) in [6.07, 6.45) is 1.63. The van der Waals surface area contributed by atoms with Gasteiger partial charge in [-0.05, 0) is 24.3 Å². The Hall–Kier alpha value is -1.94. The summed E-state index contributed by atoms with van der Waals surface area (Å²) in [6, 6.07) is 5.86. The van der Waals surface area contributed by atoms with Crippen molar-refractivity contribution in [1.82, 2.24) is 19.6 Å². The number of rotatable bonds is 4. The maximum absolute atomic E-state index is 13.2. The molecule has 0 fully saturated rings. The normalized spacial score (nSPS) is 11.3. The summed E-state index contributed by atoms with van der Waals surface area (Å²) >= 11 is 14.5. The molecule has 0 radical (unpaired) electrons. The molecule has 1 amide bonds. The average Bonchev–Trinajstić information content (AvgIpc) is 3.16. The van der Waals surface area contributed by atoms with Crippen LogP contribution < -0.4 is 5.32 Å². The van der Waals surface area contributed by atoms with Crippen molar-refractivity contribution in [3.05, 3.63) is 46.3 Å². The van der Waals surface area contributed by atoms with E-state index < -0.39 is 0 Å². The molecule has 11 heteroatoms. The number of aromatic nitrogens is 4. The number of fused-ring (bicyclic) bond motifs is 2. The fraction of sp³-hybridized carbons (Fsp3) is 0.0667. The minimum absolute atomic E-state index is 0.0925. The summed E-state index contributed by atoms with van der Waals surface area (Å²) in [5.74, 6) is -0.514. The minimum Gasteiger partial charge on any atom is -0.301 e. The van der Waals surface area contributed by atoms with Crippen LogP contribution in [-0.2, 0) is 4.79 Å². The van der Waals surface area contributed by atoms with E-state index in [2.05, 4.69) is 20.5 Å². The molecule has 132 valence electrons. The molecule has 1 N–H and O–H groups in total. The number of thioether (sulfide) groups is 1. The average molecular weight is 428 g/mol. The Balaban J connectivity index is 1.47. The molecule has 3 aromatic heterocycles. The van der Waals surface area contributed by atoms with E-state index in [9.17, 15) is 9.18 Å². The summed E-state index contributed by atoms with van der Waals surface area (Å²) in [5.41, 5.74) is 1.10. The van der Waals surface area contributed by atoms with E-state index in [-0.39, 0.29) is 17.5 Å². The maximum Gasteiger partial charge on any atom is 0.236 e. The van der Waals surface area contributed by atoms with E-state index >= 15 is 0 Å². The smallest absolute Gasteiger partial charge is 0.236 e. The molecule has 0 spiro atoms. The van der Waals surface area contributed by atoms with Crippen LogP contribution in [0.1, 0.15) is 0 Å². The van der Waals surface area contributed by atoms with Gasteiger partial charge < -0.3 is 5.32 Å². The first kappa shape index (κ1) is 17.5. The molecule has 0 atom stereocenters. The molecular weight excluding hydrogens is 420 g/mol. The van der Waals surface area contributed by atoms with Gasteiger partial charge in [0, 0.05) is 6.20 Å². The third kappa shape index (κ3) is 3.48. The van der Waals surface area contributed by atoms with Gasteiger partial charge >= 0.3 is 0 Å². The largest absolute Gasteiger partial charge is 0.301 e. The van der Waals surface area contributed by atoms with E-state index in [1.165, 1.54) is 35.2 Å². The number of carbonyl (C=O) groups is 1. The highest BCUT2D eigenvalue weighted by molar-refractivity contribution is 7.99. The SMILES string of the molecule is O=C(CSc1nnc2c(Cl)cc(Cl)cn12)Nc1nc2ccc(F)cc2s1. The topological polar surface area (TPSA) is 72.2 Å². The number of benzene rings is 1. The zero-order chi connectivity index (χ0) is 18.3. The van der Waals surface area contributed by atoms with Gasteiger partial charge in [0.05, 0.1) is 26.0 Å². The van der Waals surface area contributed by atoms with Crippen LogP contribution in [0.15, 0.2) is 35.6 Å². The van der Waals surface area contributed by atoms with Crippen LogP contribution in [0.5, 0.6) is 0 Å². The lowest BCUT2D eigenvalue weighted by Gasteiger charge is -2.02. The monoisotopic (exact) mass is 427 g/mol. The number of nitrogens with one attached hydrogen (secondary N) is 1. The molecule has 0 unspecified atom stereocenters. The number of pyridine rings is 1. The summed E-state index contributed by atoms with van der Waals surface area (Å²) in [7, 11) is 0. The zero-order valence-corrected chi connectivity index (χ0v) is 15.9. The van der Waals surface area contributed by atoms with Gasteiger partial charge in [0.15, 0.2) is 15.9 Å². The zero-order valence-electron chi connectivity index (χ0n) is 12.7. The van der Waals surface area contributed by atoms with Gasteiger partial charge in [0.1, 0.15) is 5.82 Å². The molecule has 1 aromatic carbocycles. The molecule has 26 heavy (non-hydrogen) atoms. The van der Waals surface area contributed by atoms with Crippen molar-refractivity contribution < 1.29 is 9.18 Å². The van der Waals surface area contributed by atoms with Crippen molar-refractivity contribution in [2.75, 3.05) is 11.1 Å². The molecule has 0 saturated heterocycles. The highest BCUT2D eigenvalue weighted by atomic mass is 35.5. The molecule has 0 aliphatic heterocycles. The second-order valence-corrected chi connectivity index (χ2v) is 7.97. The van der Waals surface area contributed by atoms with Crippen LogP contribution in [0.25, 0.3) is 15.9 Å². The Labute approximate surface area is 164 Å². The fourth-order valence-corrected chi connectivity index (χ4v) is 4.36. The van der Waals surface area contributed by atoms with Gasteiger partial charge in [0.2, 0.25) is 5.91 Å². The Bertz CT molecular complexity index is 1150. The first-order chi connectivity index (χ1) is 12.5. The lowest BCUT2D eigenvalue weighted by Crippen LogP contribution is -2.14. The van der Waals surface area contributed by atoms with Crippen molar-refractivity contribution in [3.63, 3.8) is 0 Å². The minimum atomic E-state index is -0.342. The van der Waals surface area contributed by atoms with Crippen molar-refractivity contribution in [2.24, 2.45) is 0 Å². The molecule has 6 nitrogen and oxygen atoms in total. The first-order valence-electron chi connectivity index (χ1n) is 7.18. The summed E-state index contributed by atoms with van der Waals surface area (Å²) in [4.78, 5) is 16.4. The van der Waals surface area contributed by atoms with Crippen LogP contribution in [-0.4, -0.2) is 31.2 Å². The number of nitrogens with zero attached hydrogens (tertiary/aromatic N) is 4. The molecule has 4 aromatic rings. The van der Waals surface area contributed by atoms with Gasteiger partial charge in [-0.2, -0.15) is 0 Å². The molecule has 0 bridgehead atoms. The molecule has 4 rings (SSSR count). The van der Waals surface area contributed by atoms with Crippen LogP contribution in [0.2, 0.25) is 10.0 Å². The number of thiazole rings is 1. The van der Waals surface area contributed by atoms with Crippen LogP contribution >= 0.6 is 46.3 Å². The molecule has 0 aliphatic rings. The third-order valence-electron chi connectivity index (χ3n) is 3.32. The maximum atomic E-state index is 13.2. The second kappa shape index (κ2) is 6.99. The summed E-state index contributed by atoms with van der Waals surface area (Å²) in [5, 5.41) is 12.4. The van der Waals surface area contributed by atoms with Gasteiger partial charge in [0.25, 0.3) is 0 Å². The van der Waals surface area contributed by atoms with Crippen molar-refractivity contribution >= 4 is 73.2 Å². The van der Waals surface area contributed by atoms with Gasteiger partial charge in [-0.1, -0.05) is 46.3 Å². The van der Waals surface area contributed by atoms with Crippen molar-refractivity contribution in [3.8, 4) is 0 Å². The third-order valence-corrected chi connectivity index (χ3v) is 5.69. The number of amides is 1. The van der Waals surface area contributed by atoms with E-state index in [4.69, 9.17) is 23.2 Å². The summed E-state index contributed by atoms with van der Waals surface area (Å²) < 4.78 is 15.5. The predicted octanol–water partition coefficient (Wildman–Crippen LogP) is 4.52. The van der Waals surface area contributed by atoms with Crippen LogP contribution in [0.3, 0.4) is 0 Å². The second-order valence-electron chi connectivity index (χ2n) is 5.15. The number of hydrogen-bond acceptors (Lipinski definition) is 6.